The highest BCUT2D eigenvalue weighted by Gasteiger charge is 2.17. The average molecular weight is 214 g/mol. The lowest BCUT2D eigenvalue weighted by atomic mass is 10.1. The zero-order valence-electron chi connectivity index (χ0n) is 6.44. The lowest BCUT2D eigenvalue weighted by Crippen LogP contribution is -1.90. The van der Waals surface area contributed by atoms with Gasteiger partial charge in [0.05, 0.1) is 4.60 Å². The number of nitrogens with one attached hydrogen (secondary N) is 1. The molecule has 1 aliphatic rings. The second-order valence-electron chi connectivity index (χ2n) is 3.24. The van der Waals surface area contributed by atoms with Gasteiger partial charge in [-0.05, 0) is 46.8 Å². The van der Waals surface area contributed by atoms with Gasteiger partial charge in [0.1, 0.15) is 0 Å². The van der Waals surface area contributed by atoms with Crippen LogP contribution in [0.25, 0.3) is 0 Å². The maximum absolute atomic E-state index is 3.42. The molecule has 1 aromatic heterocycles. The molecule has 1 aromatic rings. The Morgan fingerprint density at radius 2 is 2.00 bits per heavy atom. The highest BCUT2D eigenvalue weighted by molar-refractivity contribution is 9.10. The smallest absolute Gasteiger partial charge is 0.0822 e. The summed E-state index contributed by atoms with van der Waals surface area (Å²) in [4.78, 5) is 3.33. The van der Waals surface area contributed by atoms with E-state index in [1.54, 1.807) is 0 Å². The number of hydrogen-bond donors (Lipinski definition) is 1. The molecule has 60 valence electrons. The summed E-state index contributed by atoms with van der Waals surface area (Å²) in [6.07, 6.45) is 5.54. The van der Waals surface area contributed by atoms with Crippen LogP contribution in [0.1, 0.15) is 37.3 Å². The van der Waals surface area contributed by atoms with Crippen molar-refractivity contribution in [1.82, 2.24) is 4.98 Å². The summed E-state index contributed by atoms with van der Waals surface area (Å²) in [6, 6.07) is 4.29. The maximum atomic E-state index is 3.42. The van der Waals surface area contributed by atoms with Crippen molar-refractivity contribution in [2.75, 3.05) is 0 Å². The van der Waals surface area contributed by atoms with E-state index in [2.05, 4.69) is 33.0 Å². The summed E-state index contributed by atoms with van der Waals surface area (Å²) < 4.78 is 1.11. The molecule has 1 saturated carbocycles. The minimum absolute atomic E-state index is 0.807. The largest absolute Gasteiger partial charge is 0.353 e. The van der Waals surface area contributed by atoms with Crippen LogP contribution in [0.3, 0.4) is 0 Å². The molecule has 0 amide bonds. The minimum atomic E-state index is 0.807. The summed E-state index contributed by atoms with van der Waals surface area (Å²) in [5.74, 6) is 0.807. The van der Waals surface area contributed by atoms with Crippen molar-refractivity contribution in [2.45, 2.75) is 31.6 Å². The van der Waals surface area contributed by atoms with Gasteiger partial charge in [-0.15, -0.1) is 0 Å². The Hall–Kier alpha value is -0.240. The molecular weight excluding hydrogens is 202 g/mol. The van der Waals surface area contributed by atoms with Crippen molar-refractivity contribution in [3.8, 4) is 0 Å². The van der Waals surface area contributed by atoms with Crippen LogP contribution in [-0.2, 0) is 0 Å². The van der Waals surface area contributed by atoms with Gasteiger partial charge in [-0.1, -0.05) is 12.8 Å². The Bertz CT molecular complexity index is 235. The van der Waals surface area contributed by atoms with Gasteiger partial charge in [0.25, 0.3) is 0 Å². The average Bonchev–Trinajstić information content (AvgIpc) is 2.55. The van der Waals surface area contributed by atoms with E-state index in [9.17, 15) is 0 Å². The van der Waals surface area contributed by atoms with E-state index in [1.165, 1.54) is 31.4 Å². The van der Waals surface area contributed by atoms with Crippen LogP contribution in [0.15, 0.2) is 16.7 Å². The fourth-order valence-electron chi connectivity index (χ4n) is 1.86. The Balaban J connectivity index is 2.15. The summed E-state index contributed by atoms with van der Waals surface area (Å²) in [7, 11) is 0. The van der Waals surface area contributed by atoms with Gasteiger partial charge in [-0.25, -0.2) is 0 Å². The minimum Gasteiger partial charge on any atom is -0.353 e. The van der Waals surface area contributed by atoms with Gasteiger partial charge in [-0.2, -0.15) is 0 Å². The lowest BCUT2D eigenvalue weighted by molar-refractivity contribution is 0.701. The molecule has 2 rings (SSSR count). The van der Waals surface area contributed by atoms with E-state index < -0.39 is 0 Å². The molecule has 0 spiro atoms. The second-order valence-corrected chi connectivity index (χ2v) is 4.10. The first-order chi connectivity index (χ1) is 5.36. The molecule has 2 heteroatoms. The number of halogens is 1. The van der Waals surface area contributed by atoms with E-state index >= 15 is 0 Å². The molecular formula is C9H12BrN. The number of hydrogen-bond acceptors (Lipinski definition) is 0. The van der Waals surface area contributed by atoms with Gasteiger partial charge < -0.3 is 4.98 Å². The number of aromatic nitrogens is 1. The molecule has 0 atom stereocenters. The van der Waals surface area contributed by atoms with Crippen molar-refractivity contribution in [3.63, 3.8) is 0 Å². The molecule has 1 fully saturated rings. The predicted octanol–water partition coefficient (Wildman–Crippen LogP) is 3.43. The van der Waals surface area contributed by atoms with Crippen LogP contribution in [0, 0.1) is 0 Å². The number of H-pyrrole nitrogens is 1. The first-order valence-corrected chi connectivity index (χ1v) is 5.00. The van der Waals surface area contributed by atoms with Crippen LogP contribution < -0.4 is 0 Å². The summed E-state index contributed by atoms with van der Waals surface area (Å²) in [6.45, 7) is 0. The molecule has 0 unspecified atom stereocenters. The number of aromatic amines is 1. The van der Waals surface area contributed by atoms with Crippen LogP contribution in [0.5, 0.6) is 0 Å². The van der Waals surface area contributed by atoms with Crippen molar-refractivity contribution in [2.24, 2.45) is 0 Å². The summed E-state index contributed by atoms with van der Waals surface area (Å²) in [5, 5.41) is 0. The lowest BCUT2D eigenvalue weighted by Gasteiger charge is -2.04. The van der Waals surface area contributed by atoms with Gasteiger partial charge >= 0.3 is 0 Å². The highest BCUT2D eigenvalue weighted by atomic mass is 79.9. The van der Waals surface area contributed by atoms with Gasteiger partial charge in [0, 0.05) is 5.69 Å². The van der Waals surface area contributed by atoms with Gasteiger partial charge in [0.15, 0.2) is 0 Å². The Morgan fingerprint density at radius 1 is 1.27 bits per heavy atom. The molecule has 1 nitrogen and oxygen atoms in total. The molecule has 1 heterocycles. The summed E-state index contributed by atoms with van der Waals surface area (Å²) in [5.41, 5.74) is 1.41. The molecule has 0 aromatic carbocycles. The molecule has 1 N–H and O–H groups in total. The van der Waals surface area contributed by atoms with Crippen LogP contribution >= 0.6 is 15.9 Å². The van der Waals surface area contributed by atoms with Crippen molar-refractivity contribution >= 4 is 15.9 Å². The first-order valence-electron chi connectivity index (χ1n) is 4.20. The van der Waals surface area contributed by atoms with E-state index in [-0.39, 0.29) is 0 Å². The maximum Gasteiger partial charge on any atom is 0.0822 e. The third kappa shape index (κ3) is 1.51. The molecule has 0 saturated heterocycles. The molecule has 0 radical (unpaired) electrons. The Kier molecular flexibility index (Phi) is 2.03. The van der Waals surface area contributed by atoms with Crippen LogP contribution in [-0.4, -0.2) is 4.98 Å². The van der Waals surface area contributed by atoms with E-state index in [4.69, 9.17) is 0 Å². The van der Waals surface area contributed by atoms with E-state index in [0.717, 1.165) is 10.5 Å². The number of rotatable bonds is 1. The van der Waals surface area contributed by atoms with Crippen molar-refractivity contribution in [1.29, 1.82) is 0 Å². The van der Waals surface area contributed by atoms with Crippen molar-refractivity contribution in [3.05, 3.63) is 22.4 Å². The van der Waals surface area contributed by atoms with Gasteiger partial charge in [-0.3, -0.25) is 0 Å². The van der Waals surface area contributed by atoms with E-state index in [0.29, 0.717) is 0 Å². The van der Waals surface area contributed by atoms with Crippen LogP contribution in [0.2, 0.25) is 0 Å². The van der Waals surface area contributed by atoms with Gasteiger partial charge in [0.2, 0.25) is 0 Å². The zero-order chi connectivity index (χ0) is 7.68. The monoisotopic (exact) mass is 213 g/mol. The predicted molar refractivity (Wildman–Crippen MR) is 49.7 cm³/mol. The quantitative estimate of drug-likeness (QED) is 0.737. The highest BCUT2D eigenvalue weighted by Crippen LogP contribution is 2.33. The zero-order valence-corrected chi connectivity index (χ0v) is 8.02. The SMILES string of the molecule is Brc1ccc(C2CCCC2)[nH]1. The Morgan fingerprint density at radius 3 is 2.55 bits per heavy atom. The standard InChI is InChI=1S/C9H12BrN/c10-9-6-5-8(11-9)7-3-1-2-4-7/h5-7,11H,1-4H2. The fraction of sp³-hybridized carbons (Fsp3) is 0.556. The van der Waals surface area contributed by atoms with E-state index in [1.807, 2.05) is 0 Å². The third-order valence-electron chi connectivity index (χ3n) is 2.47. The molecule has 1 aliphatic carbocycles. The fourth-order valence-corrected chi connectivity index (χ4v) is 2.22. The van der Waals surface area contributed by atoms with Crippen LogP contribution in [0.4, 0.5) is 0 Å². The molecule has 0 bridgehead atoms. The summed E-state index contributed by atoms with van der Waals surface area (Å²) >= 11 is 3.42. The third-order valence-corrected chi connectivity index (χ3v) is 2.93. The Labute approximate surface area is 75.3 Å². The van der Waals surface area contributed by atoms with Crippen molar-refractivity contribution < 1.29 is 0 Å². The second kappa shape index (κ2) is 3.02. The molecule has 11 heavy (non-hydrogen) atoms. The molecule has 0 aliphatic heterocycles. The first kappa shape index (κ1) is 7.41. The normalized spacial score (nSPS) is 19.4. The topological polar surface area (TPSA) is 15.8 Å².